The van der Waals surface area contributed by atoms with Gasteiger partial charge < -0.3 is 0 Å². The molecule has 0 radical (unpaired) electrons. The van der Waals surface area contributed by atoms with Crippen LogP contribution in [0.3, 0.4) is 0 Å². The summed E-state index contributed by atoms with van der Waals surface area (Å²) in [4.78, 5) is 11.1. The van der Waals surface area contributed by atoms with Crippen molar-refractivity contribution in [3.8, 4) is 11.8 Å². The van der Waals surface area contributed by atoms with Crippen molar-refractivity contribution in [2.75, 3.05) is 5.33 Å². The monoisotopic (exact) mass is 268 g/mol. The maximum Gasteiger partial charge on any atom is 0.162 e. The van der Waals surface area contributed by atoms with E-state index >= 15 is 0 Å². The van der Waals surface area contributed by atoms with E-state index in [1.807, 2.05) is 0 Å². The van der Waals surface area contributed by atoms with E-state index in [4.69, 9.17) is 0 Å². The van der Waals surface area contributed by atoms with Crippen molar-refractivity contribution < 1.29 is 9.18 Å². The molecule has 0 fully saturated rings. The summed E-state index contributed by atoms with van der Waals surface area (Å²) in [5.41, 5.74) is 0.767. The number of ketones is 1. The van der Waals surface area contributed by atoms with Gasteiger partial charge in [0.05, 0.1) is 5.56 Å². The van der Waals surface area contributed by atoms with Crippen LogP contribution in [-0.4, -0.2) is 11.1 Å². The van der Waals surface area contributed by atoms with Crippen molar-refractivity contribution in [1.82, 2.24) is 0 Å². The van der Waals surface area contributed by atoms with Gasteiger partial charge >= 0.3 is 0 Å². The summed E-state index contributed by atoms with van der Waals surface area (Å²) >= 11 is 3.26. The van der Waals surface area contributed by atoms with Crippen molar-refractivity contribution in [2.45, 2.75) is 13.3 Å². The van der Waals surface area contributed by atoms with Crippen LogP contribution < -0.4 is 0 Å². The number of Topliss-reactive ketones (excluding diaryl/α,β-unsaturated/α-hetero) is 1. The van der Waals surface area contributed by atoms with Crippen LogP contribution >= 0.6 is 15.9 Å². The van der Waals surface area contributed by atoms with Crippen LogP contribution in [0.1, 0.15) is 29.3 Å². The molecule has 1 nitrogen and oxygen atoms in total. The Kier molecular flexibility index (Phi) is 4.51. The predicted octanol–water partition coefficient (Wildman–Crippen LogP) is 3.16. The highest BCUT2D eigenvalue weighted by Crippen LogP contribution is 2.10. The Balaban J connectivity index is 2.99. The molecule has 1 aromatic rings. The Labute approximate surface area is 96.8 Å². The number of carbonyl (C=O) groups is 1. The lowest BCUT2D eigenvalue weighted by Gasteiger charge is -1.98. The second kappa shape index (κ2) is 5.67. The minimum atomic E-state index is -0.492. The van der Waals surface area contributed by atoms with E-state index in [0.29, 0.717) is 5.56 Å². The van der Waals surface area contributed by atoms with E-state index in [0.717, 1.165) is 11.8 Å². The molecule has 1 rings (SSSR count). The number of rotatable bonds is 2. The zero-order valence-corrected chi connectivity index (χ0v) is 9.90. The van der Waals surface area contributed by atoms with Gasteiger partial charge in [-0.15, -0.1) is 0 Å². The largest absolute Gasteiger partial charge is 0.294 e. The molecule has 3 heteroatoms. The Hall–Kier alpha value is -1.14. The smallest absolute Gasteiger partial charge is 0.162 e. The van der Waals surface area contributed by atoms with Gasteiger partial charge in [-0.05, 0) is 25.1 Å². The lowest BCUT2D eigenvalue weighted by molar-refractivity contribution is 0.101. The zero-order valence-electron chi connectivity index (χ0n) is 8.31. The van der Waals surface area contributed by atoms with Crippen molar-refractivity contribution >= 4 is 21.7 Å². The van der Waals surface area contributed by atoms with Crippen molar-refractivity contribution in [1.29, 1.82) is 0 Å². The maximum absolute atomic E-state index is 13.1. The fourth-order valence-corrected chi connectivity index (χ4v) is 1.28. The topological polar surface area (TPSA) is 17.1 Å². The highest BCUT2D eigenvalue weighted by Gasteiger charge is 2.06. The molecule has 0 unspecified atom stereocenters. The van der Waals surface area contributed by atoms with Gasteiger partial charge in [-0.2, -0.15) is 0 Å². The molecule has 0 saturated carbocycles. The molecule has 0 aliphatic heterocycles. The van der Waals surface area contributed by atoms with E-state index in [1.54, 1.807) is 6.07 Å². The summed E-state index contributed by atoms with van der Waals surface area (Å²) in [5.74, 6) is 5.00. The minimum absolute atomic E-state index is 0.0978. The minimum Gasteiger partial charge on any atom is -0.294 e. The molecule has 0 saturated heterocycles. The van der Waals surface area contributed by atoms with E-state index in [9.17, 15) is 9.18 Å². The number of hydrogen-bond donors (Lipinski definition) is 0. The second-order valence-electron chi connectivity index (χ2n) is 2.99. The summed E-state index contributed by atoms with van der Waals surface area (Å²) in [6, 6.07) is 4.33. The quantitative estimate of drug-likeness (QED) is 0.458. The van der Waals surface area contributed by atoms with Gasteiger partial charge in [0.1, 0.15) is 5.82 Å². The fourth-order valence-electron chi connectivity index (χ4n) is 1.08. The molecule has 0 N–H and O–H groups in total. The Morgan fingerprint density at radius 2 is 2.27 bits per heavy atom. The van der Waals surface area contributed by atoms with Gasteiger partial charge in [-0.3, -0.25) is 4.79 Å². The number of alkyl halides is 1. The standard InChI is InChI=1S/C12H10BrFO/c1-9(15)11-8-10(4-2-3-7-13)5-6-12(11)14/h5-6,8H,3,7H2,1H3. The van der Waals surface area contributed by atoms with Gasteiger partial charge in [0.15, 0.2) is 5.78 Å². The molecular formula is C12H10BrFO. The lowest BCUT2D eigenvalue weighted by Crippen LogP contribution is -1.97. The Morgan fingerprint density at radius 1 is 1.53 bits per heavy atom. The van der Waals surface area contributed by atoms with Gasteiger partial charge in [0.25, 0.3) is 0 Å². The third kappa shape index (κ3) is 3.49. The highest BCUT2D eigenvalue weighted by atomic mass is 79.9. The first-order chi connectivity index (χ1) is 7.15. The Morgan fingerprint density at radius 3 is 2.87 bits per heavy atom. The van der Waals surface area contributed by atoms with Crippen LogP contribution in [0.4, 0.5) is 4.39 Å². The number of halogens is 2. The molecule has 1 aromatic carbocycles. The van der Waals surface area contributed by atoms with Crippen molar-refractivity contribution in [3.05, 3.63) is 35.1 Å². The molecule has 0 amide bonds. The summed E-state index contributed by atoms with van der Waals surface area (Å²) in [5, 5.41) is 0.806. The predicted molar refractivity (Wildman–Crippen MR) is 61.7 cm³/mol. The molecule has 0 bridgehead atoms. The molecule has 0 aliphatic rings. The molecule has 78 valence electrons. The number of benzene rings is 1. The average Bonchev–Trinajstić information content (AvgIpc) is 2.20. The second-order valence-corrected chi connectivity index (χ2v) is 3.78. The van der Waals surface area contributed by atoms with Gasteiger partial charge in [0, 0.05) is 17.3 Å². The molecule has 15 heavy (non-hydrogen) atoms. The van der Waals surface area contributed by atoms with Gasteiger partial charge in [-0.1, -0.05) is 27.8 Å². The number of hydrogen-bond acceptors (Lipinski definition) is 1. The molecule has 0 spiro atoms. The molecule has 0 atom stereocenters. The van der Waals surface area contributed by atoms with Crippen molar-refractivity contribution in [2.24, 2.45) is 0 Å². The Bertz CT molecular complexity index is 429. The zero-order chi connectivity index (χ0) is 11.3. The van der Waals surface area contributed by atoms with Crippen LogP contribution in [0.15, 0.2) is 18.2 Å². The average molecular weight is 269 g/mol. The first-order valence-electron chi connectivity index (χ1n) is 4.50. The number of carbonyl (C=O) groups excluding carboxylic acids is 1. The first kappa shape index (κ1) is 11.9. The summed E-state index contributed by atoms with van der Waals surface area (Å²) in [6.45, 7) is 1.34. The molecule has 0 heterocycles. The summed E-state index contributed by atoms with van der Waals surface area (Å²) in [7, 11) is 0. The maximum atomic E-state index is 13.1. The normalized spacial score (nSPS) is 9.27. The van der Waals surface area contributed by atoms with Crippen LogP contribution in [0.5, 0.6) is 0 Å². The third-order valence-corrected chi connectivity index (χ3v) is 2.19. The summed E-state index contributed by atoms with van der Waals surface area (Å²) < 4.78 is 13.1. The van der Waals surface area contributed by atoms with Crippen LogP contribution in [0.2, 0.25) is 0 Å². The first-order valence-corrected chi connectivity index (χ1v) is 5.62. The van der Waals surface area contributed by atoms with E-state index < -0.39 is 5.82 Å². The lowest BCUT2D eigenvalue weighted by atomic mass is 10.1. The molecule has 0 aliphatic carbocycles. The van der Waals surface area contributed by atoms with Gasteiger partial charge in [-0.25, -0.2) is 4.39 Å². The SMILES string of the molecule is CC(=O)c1cc(C#CCCBr)ccc1F. The molecular weight excluding hydrogens is 259 g/mol. The molecule has 0 aromatic heterocycles. The van der Waals surface area contributed by atoms with E-state index in [2.05, 4.69) is 27.8 Å². The third-order valence-electron chi connectivity index (χ3n) is 1.80. The van der Waals surface area contributed by atoms with Crippen molar-refractivity contribution in [3.63, 3.8) is 0 Å². The fraction of sp³-hybridized carbons (Fsp3) is 0.250. The van der Waals surface area contributed by atoms with E-state index in [1.165, 1.54) is 19.1 Å². The van der Waals surface area contributed by atoms with Crippen LogP contribution in [0.25, 0.3) is 0 Å². The van der Waals surface area contributed by atoms with Gasteiger partial charge in [0.2, 0.25) is 0 Å². The highest BCUT2D eigenvalue weighted by molar-refractivity contribution is 9.09. The van der Waals surface area contributed by atoms with Crippen LogP contribution in [0, 0.1) is 17.7 Å². The van der Waals surface area contributed by atoms with E-state index in [-0.39, 0.29) is 11.3 Å². The van der Waals surface area contributed by atoms with Crippen LogP contribution in [-0.2, 0) is 0 Å². The summed E-state index contributed by atoms with van der Waals surface area (Å²) in [6.07, 6.45) is 0.729.